The molecule has 0 unspecified atom stereocenters. The first-order valence-corrected chi connectivity index (χ1v) is 6.42. The Balaban J connectivity index is 1.89. The number of carbonyl (C=O) groups excluding carboxylic acids is 1. The van der Waals surface area contributed by atoms with Crippen molar-refractivity contribution in [2.24, 2.45) is 0 Å². The standard InChI is InChI=1S/C15H19N3O/c1-10-4-5-13(11(2)8-10)6-7-15(19)16-14-9-12(3)17-18-14/h4-5,8-9H,6-7H2,1-3H3,(H2,16,17,18,19). The average molecular weight is 257 g/mol. The fraction of sp³-hybridized carbons (Fsp3) is 0.333. The Bertz CT molecular complexity index is 587. The summed E-state index contributed by atoms with van der Waals surface area (Å²) in [4.78, 5) is 11.8. The van der Waals surface area contributed by atoms with Crippen LogP contribution in [-0.2, 0) is 11.2 Å². The smallest absolute Gasteiger partial charge is 0.225 e. The van der Waals surface area contributed by atoms with Gasteiger partial charge in [0.25, 0.3) is 0 Å². The zero-order valence-electron chi connectivity index (χ0n) is 11.6. The summed E-state index contributed by atoms with van der Waals surface area (Å²) in [6, 6.07) is 8.13. The average Bonchev–Trinajstić information content (AvgIpc) is 2.73. The molecule has 2 aromatic rings. The van der Waals surface area contributed by atoms with Gasteiger partial charge in [-0.3, -0.25) is 9.89 Å². The molecule has 1 heterocycles. The zero-order chi connectivity index (χ0) is 13.8. The van der Waals surface area contributed by atoms with Crippen LogP contribution in [0.25, 0.3) is 0 Å². The molecule has 2 rings (SSSR count). The third kappa shape index (κ3) is 3.68. The van der Waals surface area contributed by atoms with Crippen molar-refractivity contribution in [3.63, 3.8) is 0 Å². The van der Waals surface area contributed by atoms with Crippen molar-refractivity contribution in [1.82, 2.24) is 10.2 Å². The number of hydrogen-bond acceptors (Lipinski definition) is 2. The minimum absolute atomic E-state index is 0.00789. The van der Waals surface area contributed by atoms with Crippen molar-refractivity contribution in [3.05, 3.63) is 46.6 Å². The first-order valence-electron chi connectivity index (χ1n) is 6.42. The van der Waals surface area contributed by atoms with Crippen LogP contribution in [0, 0.1) is 20.8 Å². The van der Waals surface area contributed by atoms with Crippen LogP contribution in [0.2, 0.25) is 0 Å². The van der Waals surface area contributed by atoms with Gasteiger partial charge in [-0.05, 0) is 38.3 Å². The molecule has 19 heavy (non-hydrogen) atoms. The first-order chi connectivity index (χ1) is 9.04. The highest BCUT2D eigenvalue weighted by atomic mass is 16.1. The van der Waals surface area contributed by atoms with Crippen molar-refractivity contribution >= 4 is 11.7 Å². The number of nitrogens with zero attached hydrogens (tertiary/aromatic N) is 1. The van der Waals surface area contributed by atoms with E-state index in [0.717, 1.165) is 12.1 Å². The maximum atomic E-state index is 11.8. The number of aryl methyl sites for hydroxylation is 4. The predicted molar refractivity (Wildman–Crippen MR) is 76.2 cm³/mol. The van der Waals surface area contributed by atoms with Crippen molar-refractivity contribution in [1.29, 1.82) is 0 Å². The van der Waals surface area contributed by atoms with Gasteiger partial charge in [0.05, 0.1) is 0 Å². The number of amides is 1. The largest absolute Gasteiger partial charge is 0.309 e. The number of nitrogens with one attached hydrogen (secondary N) is 2. The quantitative estimate of drug-likeness (QED) is 0.884. The SMILES string of the molecule is Cc1ccc(CCC(=O)Nc2cc(C)[nH]n2)c(C)c1. The maximum absolute atomic E-state index is 11.8. The third-order valence-corrected chi connectivity index (χ3v) is 3.09. The Morgan fingerprint density at radius 2 is 2.05 bits per heavy atom. The maximum Gasteiger partial charge on any atom is 0.225 e. The van der Waals surface area contributed by atoms with E-state index in [-0.39, 0.29) is 5.91 Å². The normalized spacial score (nSPS) is 10.5. The minimum atomic E-state index is -0.00789. The molecule has 0 bridgehead atoms. The molecule has 0 aliphatic rings. The summed E-state index contributed by atoms with van der Waals surface area (Å²) >= 11 is 0. The molecule has 0 radical (unpaired) electrons. The van der Waals surface area contributed by atoms with Crippen LogP contribution in [0.3, 0.4) is 0 Å². The van der Waals surface area contributed by atoms with E-state index < -0.39 is 0 Å². The number of carbonyl (C=O) groups is 1. The van der Waals surface area contributed by atoms with E-state index in [4.69, 9.17) is 0 Å². The molecule has 0 saturated carbocycles. The van der Waals surface area contributed by atoms with E-state index in [1.807, 2.05) is 13.0 Å². The Hall–Kier alpha value is -2.10. The van der Waals surface area contributed by atoms with Crippen molar-refractivity contribution in [2.75, 3.05) is 5.32 Å². The highest BCUT2D eigenvalue weighted by Gasteiger charge is 2.06. The van der Waals surface area contributed by atoms with Crippen LogP contribution in [0.5, 0.6) is 0 Å². The zero-order valence-corrected chi connectivity index (χ0v) is 11.6. The summed E-state index contributed by atoms with van der Waals surface area (Å²) in [5.74, 6) is 0.578. The fourth-order valence-electron chi connectivity index (χ4n) is 2.06. The van der Waals surface area contributed by atoms with Crippen LogP contribution in [0.1, 0.15) is 28.8 Å². The number of anilines is 1. The second kappa shape index (κ2) is 5.69. The van der Waals surface area contributed by atoms with Gasteiger partial charge in [0, 0.05) is 18.2 Å². The Morgan fingerprint density at radius 3 is 2.68 bits per heavy atom. The van der Waals surface area contributed by atoms with Gasteiger partial charge in [-0.2, -0.15) is 5.10 Å². The van der Waals surface area contributed by atoms with Crippen molar-refractivity contribution in [2.45, 2.75) is 33.6 Å². The van der Waals surface area contributed by atoms with Gasteiger partial charge in [0.1, 0.15) is 0 Å². The number of rotatable bonds is 4. The predicted octanol–water partition coefficient (Wildman–Crippen LogP) is 2.91. The second-order valence-corrected chi connectivity index (χ2v) is 4.91. The van der Waals surface area contributed by atoms with Crippen LogP contribution >= 0.6 is 0 Å². The number of H-pyrrole nitrogens is 1. The molecule has 0 saturated heterocycles. The molecule has 1 aromatic carbocycles. The lowest BCUT2D eigenvalue weighted by molar-refractivity contribution is -0.116. The van der Waals surface area contributed by atoms with Crippen LogP contribution in [0.15, 0.2) is 24.3 Å². The van der Waals surface area contributed by atoms with E-state index in [1.54, 1.807) is 0 Å². The van der Waals surface area contributed by atoms with E-state index in [2.05, 4.69) is 47.6 Å². The third-order valence-electron chi connectivity index (χ3n) is 3.09. The molecule has 100 valence electrons. The van der Waals surface area contributed by atoms with Gasteiger partial charge in [-0.15, -0.1) is 0 Å². The molecule has 4 nitrogen and oxygen atoms in total. The molecule has 2 N–H and O–H groups in total. The molecule has 0 fully saturated rings. The summed E-state index contributed by atoms with van der Waals surface area (Å²) in [6.45, 7) is 6.05. The van der Waals surface area contributed by atoms with Crippen molar-refractivity contribution < 1.29 is 4.79 Å². The summed E-state index contributed by atoms with van der Waals surface area (Å²) in [5.41, 5.74) is 4.64. The van der Waals surface area contributed by atoms with Gasteiger partial charge < -0.3 is 5.32 Å². The molecule has 0 aliphatic carbocycles. The highest BCUT2D eigenvalue weighted by Crippen LogP contribution is 2.13. The molecule has 1 amide bonds. The lowest BCUT2D eigenvalue weighted by Gasteiger charge is -2.06. The van der Waals surface area contributed by atoms with E-state index in [1.165, 1.54) is 16.7 Å². The van der Waals surface area contributed by atoms with Gasteiger partial charge >= 0.3 is 0 Å². The summed E-state index contributed by atoms with van der Waals surface area (Å²) in [6.07, 6.45) is 1.22. The summed E-state index contributed by atoms with van der Waals surface area (Å²) in [5, 5.41) is 9.56. The number of benzene rings is 1. The van der Waals surface area contributed by atoms with Crippen LogP contribution in [-0.4, -0.2) is 16.1 Å². The highest BCUT2D eigenvalue weighted by molar-refractivity contribution is 5.89. The molecule has 1 aromatic heterocycles. The molecule has 0 aliphatic heterocycles. The van der Waals surface area contributed by atoms with Gasteiger partial charge in [-0.1, -0.05) is 23.8 Å². The van der Waals surface area contributed by atoms with Crippen molar-refractivity contribution in [3.8, 4) is 0 Å². The van der Waals surface area contributed by atoms with E-state index >= 15 is 0 Å². The Morgan fingerprint density at radius 1 is 1.26 bits per heavy atom. The molecular weight excluding hydrogens is 238 g/mol. The number of hydrogen-bond donors (Lipinski definition) is 2. The molecule has 4 heteroatoms. The fourth-order valence-corrected chi connectivity index (χ4v) is 2.06. The second-order valence-electron chi connectivity index (χ2n) is 4.91. The lowest BCUT2D eigenvalue weighted by Crippen LogP contribution is -2.12. The minimum Gasteiger partial charge on any atom is -0.309 e. The van der Waals surface area contributed by atoms with E-state index in [9.17, 15) is 4.79 Å². The Labute approximate surface area is 113 Å². The number of aromatic nitrogens is 2. The van der Waals surface area contributed by atoms with Crippen LogP contribution < -0.4 is 5.32 Å². The summed E-state index contributed by atoms with van der Waals surface area (Å²) in [7, 11) is 0. The molecule has 0 spiro atoms. The van der Waals surface area contributed by atoms with E-state index in [0.29, 0.717) is 12.2 Å². The van der Waals surface area contributed by atoms with Gasteiger partial charge in [-0.25, -0.2) is 0 Å². The topological polar surface area (TPSA) is 57.8 Å². The molecule has 0 atom stereocenters. The monoisotopic (exact) mass is 257 g/mol. The van der Waals surface area contributed by atoms with Gasteiger partial charge in [0.15, 0.2) is 5.82 Å². The molecular formula is C15H19N3O. The first kappa shape index (κ1) is 13.3. The lowest BCUT2D eigenvalue weighted by atomic mass is 10.0. The van der Waals surface area contributed by atoms with Gasteiger partial charge in [0.2, 0.25) is 5.91 Å². The number of aromatic amines is 1. The van der Waals surface area contributed by atoms with Crippen LogP contribution in [0.4, 0.5) is 5.82 Å². The summed E-state index contributed by atoms with van der Waals surface area (Å²) < 4.78 is 0. The Kier molecular flexibility index (Phi) is 4.00.